The molecule has 2 heterocycles. The number of halogens is 1. The summed E-state index contributed by atoms with van der Waals surface area (Å²) in [6.45, 7) is 5.69. The first kappa shape index (κ1) is 15.7. The summed E-state index contributed by atoms with van der Waals surface area (Å²) in [4.78, 5) is 0. The lowest BCUT2D eigenvalue weighted by Crippen LogP contribution is -2.35. The van der Waals surface area contributed by atoms with E-state index in [-0.39, 0.29) is 5.41 Å². The Morgan fingerprint density at radius 1 is 1.18 bits per heavy atom. The van der Waals surface area contributed by atoms with Crippen LogP contribution in [0.4, 0.5) is 0 Å². The molecule has 1 aromatic carbocycles. The molecule has 22 heavy (non-hydrogen) atoms. The van der Waals surface area contributed by atoms with E-state index >= 15 is 0 Å². The highest BCUT2D eigenvalue weighted by Gasteiger charge is 2.41. The van der Waals surface area contributed by atoms with Gasteiger partial charge in [0.05, 0.1) is 5.41 Å². The second kappa shape index (κ2) is 6.50. The predicted octanol–water partition coefficient (Wildman–Crippen LogP) is 4.44. The maximum atomic E-state index is 6.07. The molecular formula is C17H21BrN2O2. The Kier molecular flexibility index (Phi) is 4.64. The molecule has 0 radical (unpaired) electrons. The van der Waals surface area contributed by atoms with Crippen molar-refractivity contribution in [1.82, 2.24) is 10.2 Å². The second-order valence-electron chi connectivity index (χ2n) is 5.96. The number of aromatic nitrogens is 2. The third-order valence-corrected chi connectivity index (χ3v) is 5.16. The molecule has 3 rings (SSSR count). The van der Waals surface area contributed by atoms with Crippen molar-refractivity contribution in [3.63, 3.8) is 0 Å². The maximum Gasteiger partial charge on any atom is 0.227 e. The summed E-state index contributed by atoms with van der Waals surface area (Å²) < 4.78 is 12.7. The molecule has 118 valence electrons. The summed E-state index contributed by atoms with van der Waals surface area (Å²) in [5.41, 5.74) is 0.996. The van der Waals surface area contributed by atoms with E-state index in [4.69, 9.17) is 9.15 Å². The lowest BCUT2D eigenvalue weighted by atomic mass is 9.74. The van der Waals surface area contributed by atoms with Gasteiger partial charge in [-0.15, -0.1) is 10.2 Å². The van der Waals surface area contributed by atoms with Crippen molar-refractivity contribution >= 4 is 15.9 Å². The van der Waals surface area contributed by atoms with Crippen LogP contribution in [0.3, 0.4) is 0 Å². The summed E-state index contributed by atoms with van der Waals surface area (Å²) in [6.07, 6.45) is 2.74. The molecule has 1 aliphatic heterocycles. The third kappa shape index (κ3) is 2.84. The molecule has 5 heteroatoms. The van der Waals surface area contributed by atoms with Crippen LogP contribution in [0.25, 0.3) is 0 Å². The number of benzene rings is 1. The Hall–Kier alpha value is -1.20. The molecule has 0 N–H and O–H groups in total. The van der Waals surface area contributed by atoms with E-state index in [1.165, 1.54) is 5.56 Å². The highest BCUT2D eigenvalue weighted by atomic mass is 79.9. The fourth-order valence-electron chi connectivity index (χ4n) is 2.92. The molecule has 1 atom stereocenters. The summed E-state index contributed by atoms with van der Waals surface area (Å²) in [5, 5.41) is 8.68. The van der Waals surface area contributed by atoms with E-state index in [9.17, 15) is 0 Å². The average molecular weight is 365 g/mol. The Balaban J connectivity index is 2.02. The predicted molar refractivity (Wildman–Crippen MR) is 88.0 cm³/mol. The van der Waals surface area contributed by atoms with E-state index in [1.54, 1.807) is 0 Å². The average Bonchev–Trinajstić information content (AvgIpc) is 3.06. The van der Waals surface area contributed by atoms with Crippen molar-refractivity contribution in [3.8, 4) is 0 Å². The standard InChI is InChI=1S/C17H21BrN2O2/c1-3-12(2)15-19-20-16(22-15)17(8-10-21-11-9-17)13-4-6-14(18)7-5-13/h4-7,12H,3,8-11H2,1-2H3/t12-/m0/s1. The highest BCUT2D eigenvalue weighted by Crippen LogP contribution is 2.41. The van der Waals surface area contributed by atoms with Gasteiger partial charge in [-0.1, -0.05) is 41.9 Å². The van der Waals surface area contributed by atoms with Crippen LogP contribution in [0.1, 0.15) is 56.4 Å². The van der Waals surface area contributed by atoms with Crippen LogP contribution in [-0.4, -0.2) is 23.4 Å². The van der Waals surface area contributed by atoms with Crippen molar-refractivity contribution in [2.45, 2.75) is 44.4 Å². The normalized spacial score (nSPS) is 19.0. The van der Waals surface area contributed by atoms with Crippen molar-refractivity contribution in [1.29, 1.82) is 0 Å². The van der Waals surface area contributed by atoms with E-state index < -0.39 is 0 Å². The largest absolute Gasteiger partial charge is 0.424 e. The van der Waals surface area contributed by atoms with Gasteiger partial charge in [-0.25, -0.2) is 0 Å². The summed E-state index contributed by atoms with van der Waals surface area (Å²) in [6, 6.07) is 8.42. The molecule has 1 fully saturated rings. The van der Waals surface area contributed by atoms with Crippen molar-refractivity contribution in [2.75, 3.05) is 13.2 Å². The zero-order chi connectivity index (χ0) is 15.6. The minimum absolute atomic E-state index is 0.225. The van der Waals surface area contributed by atoms with Crippen LogP contribution in [0, 0.1) is 0 Å². The summed E-state index contributed by atoms with van der Waals surface area (Å²) >= 11 is 3.50. The number of nitrogens with zero attached hydrogens (tertiary/aromatic N) is 2. The van der Waals surface area contributed by atoms with Gasteiger partial charge in [-0.05, 0) is 37.0 Å². The van der Waals surface area contributed by atoms with E-state index in [0.717, 1.165) is 48.7 Å². The molecule has 0 spiro atoms. The molecule has 0 aliphatic carbocycles. The molecule has 1 aliphatic rings. The molecule has 0 bridgehead atoms. The molecule has 1 saturated heterocycles. The maximum absolute atomic E-state index is 6.07. The molecule has 0 saturated carbocycles. The fourth-order valence-corrected chi connectivity index (χ4v) is 3.18. The first-order valence-corrected chi connectivity index (χ1v) is 8.62. The van der Waals surface area contributed by atoms with E-state index in [1.807, 2.05) is 0 Å². The van der Waals surface area contributed by atoms with E-state index in [0.29, 0.717) is 5.92 Å². The van der Waals surface area contributed by atoms with Gasteiger partial charge < -0.3 is 9.15 Å². The Bertz CT molecular complexity index is 618. The highest BCUT2D eigenvalue weighted by molar-refractivity contribution is 9.10. The number of ether oxygens (including phenoxy) is 1. The van der Waals surface area contributed by atoms with E-state index in [2.05, 4.69) is 64.2 Å². The van der Waals surface area contributed by atoms with Gasteiger partial charge >= 0.3 is 0 Å². The molecule has 0 amide bonds. The first-order chi connectivity index (χ1) is 10.7. The topological polar surface area (TPSA) is 48.2 Å². The lowest BCUT2D eigenvalue weighted by molar-refractivity contribution is 0.0539. The van der Waals surface area contributed by atoms with Gasteiger partial charge in [-0.2, -0.15) is 0 Å². The van der Waals surface area contributed by atoms with Gasteiger partial charge in [0.1, 0.15) is 0 Å². The Morgan fingerprint density at radius 2 is 1.86 bits per heavy atom. The SMILES string of the molecule is CC[C@H](C)c1nnc(C2(c3ccc(Br)cc3)CCOCC2)o1. The second-order valence-corrected chi connectivity index (χ2v) is 6.87. The smallest absolute Gasteiger partial charge is 0.227 e. The Labute approximate surface area is 139 Å². The number of hydrogen-bond donors (Lipinski definition) is 0. The number of rotatable bonds is 4. The van der Waals surface area contributed by atoms with Crippen LogP contribution in [0.2, 0.25) is 0 Å². The van der Waals surface area contributed by atoms with Gasteiger partial charge in [0.15, 0.2) is 0 Å². The van der Waals surface area contributed by atoms with Gasteiger partial charge in [0, 0.05) is 23.6 Å². The first-order valence-electron chi connectivity index (χ1n) is 7.83. The summed E-state index contributed by atoms with van der Waals surface area (Å²) in [5.74, 6) is 1.76. The van der Waals surface area contributed by atoms with Crippen LogP contribution in [0.15, 0.2) is 33.2 Å². The van der Waals surface area contributed by atoms with Crippen molar-refractivity contribution in [2.24, 2.45) is 0 Å². The molecule has 1 aromatic heterocycles. The number of hydrogen-bond acceptors (Lipinski definition) is 4. The van der Waals surface area contributed by atoms with Crippen LogP contribution in [0.5, 0.6) is 0 Å². The third-order valence-electron chi connectivity index (χ3n) is 4.63. The zero-order valence-corrected chi connectivity index (χ0v) is 14.6. The molecule has 2 aromatic rings. The minimum atomic E-state index is -0.225. The van der Waals surface area contributed by atoms with Crippen LogP contribution < -0.4 is 0 Å². The Morgan fingerprint density at radius 3 is 2.50 bits per heavy atom. The zero-order valence-electron chi connectivity index (χ0n) is 13.0. The van der Waals surface area contributed by atoms with Crippen molar-refractivity contribution < 1.29 is 9.15 Å². The fraction of sp³-hybridized carbons (Fsp3) is 0.529. The van der Waals surface area contributed by atoms with Crippen LogP contribution in [-0.2, 0) is 10.2 Å². The lowest BCUT2D eigenvalue weighted by Gasteiger charge is -2.34. The molecule has 4 nitrogen and oxygen atoms in total. The van der Waals surface area contributed by atoms with Gasteiger partial charge in [0.25, 0.3) is 0 Å². The van der Waals surface area contributed by atoms with Gasteiger partial charge in [-0.3, -0.25) is 0 Å². The molecular weight excluding hydrogens is 344 g/mol. The monoisotopic (exact) mass is 364 g/mol. The van der Waals surface area contributed by atoms with Gasteiger partial charge in [0.2, 0.25) is 11.8 Å². The summed E-state index contributed by atoms with van der Waals surface area (Å²) in [7, 11) is 0. The van der Waals surface area contributed by atoms with Crippen molar-refractivity contribution in [3.05, 3.63) is 46.1 Å². The molecule has 0 unspecified atom stereocenters. The van der Waals surface area contributed by atoms with Crippen LogP contribution >= 0.6 is 15.9 Å². The minimum Gasteiger partial charge on any atom is -0.424 e. The quantitative estimate of drug-likeness (QED) is 0.804.